The highest BCUT2D eigenvalue weighted by Gasteiger charge is 2.24. The van der Waals surface area contributed by atoms with Gasteiger partial charge < -0.3 is 5.32 Å². The summed E-state index contributed by atoms with van der Waals surface area (Å²) in [6, 6.07) is 0.830. The van der Waals surface area contributed by atoms with Crippen LogP contribution in [0.1, 0.15) is 39.0 Å². The topological polar surface area (TPSA) is 15.3 Å². The standard InChI is InChI=1S/C12H24N2/c1-11-8-12(10-13-9-11)14-6-4-2-3-5-7-14/h11-13H,2-10H2,1H3. The average molecular weight is 196 g/mol. The van der Waals surface area contributed by atoms with Gasteiger partial charge in [0.25, 0.3) is 0 Å². The molecule has 0 spiro atoms. The van der Waals surface area contributed by atoms with Crippen LogP contribution in [-0.4, -0.2) is 37.1 Å². The maximum absolute atomic E-state index is 3.56. The van der Waals surface area contributed by atoms with Crippen molar-refractivity contribution in [2.24, 2.45) is 5.92 Å². The normalized spacial score (nSPS) is 36.6. The minimum atomic E-state index is 0.830. The zero-order valence-electron chi connectivity index (χ0n) is 9.47. The third-order valence-corrected chi connectivity index (χ3v) is 3.70. The van der Waals surface area contributed by atoms with E-state index in [1.54, 1.807) is 0 Å². The highest BCUT2D eigenvalue weighted by Crippen LogP contribution is 2.19. The Labute approximate surface area is 88.1 Å². The monoisotopic (exact) mass is 196 g/mol. The number of hydrogen-bond acceptors (Lipinski definition) is 2. The molecule has 0 aromatic carbocycles. The summed E-state index contributed by atoms with van der Waals surface area (Å²) in [4.78, 5) is 2.73. The van der Waals surface area contributed by atoms with Crippen molar-refractivity contribution in [3.8, 4) is 0 Å². The highest BCUT2D eigenvalue weighted by atomic mass is 15.2. The molecule has 2 unspecified atom stereocenters. The Morgan fingerprint density at radius 1 is 1.00 bits per heavy atom. The molecule has 0 aromatic heterocycles. The Morgan fingerprint density at radius 3 is 2.36 bits per heavy atom. The first kappa shape index (κ1) is 10.4. The molecular formula is C12H24N2. The summed E-state index contributed by atoms with van der Waals surface area (Å²) in [5.74, 6) is 0.872. The van der Waals surface area contributed by atoms with Crippen molar-refractivity contribution in [3.05, 3.63) is 0 Å². The van der Waals surface area contributed by atoms with Gasteiger partial charge in [-0.3, -0.25) is 4.90 Å². The van der Waals surface area contributed by atoms with Gasteiger partial charge in [0.1, 0.15) is 0 Å². The van der Waals surface area contributed by atoms with E-state index < -0.39 is 0 Å². The van der Waals surface area contributed by atoms with E-state index in [1.165, 1.54) is 58.3 Å². The average Bonchev–Trinajstić information content (AvgIpc) is 2.45. The zero-order valence-corrected chi connectivity index (χ0v) is 9.47. The largest absolute Gasteiger partial charge is 0.315 e. The lowest BCUT2D eigenvalue weighted by molar-refractivity contribution is 0.150. The summed E-state index contributed by atoms with van der Waals surface area (Å²) in [6.07, 6.45) is 7.15. The summed E-state index contributed by atoms with van der Waals surface area (Å²) in [6.45, 7) is 7.52. The van der Waals surface area contributed by atoms with Crippen LogP contribution < -0.4 is 5.32 Å². The van der Waals surface area contributed by atoms with Gasteiger partial charge >= 0.3 is 0 Å². The van der Waals surface area contributed by atoms with Gasteiger partial charge in [0, 0.05) is 12.6 Å². The Morgan fingerprint density at radius 2 is 1.71 bits per heavy atom. The number of rotatable bonds is 1. The zero-order chi connectivity index (χ0) is 9.80. The first-order valence-electron chi connectivity index (χ1n) is 6.31. The molecule has 14 heavy (non-hydrogen) atoms. The van der Waals surface area contributed by atoms with E-state index in [0.717, 1.165) is 12.0 Å². The molecule has 2 aliphatic heterocycles. The van der Waals surface area contributed by atoms with Crippen LogP contribution in [0.2, 0.25) is 0 Å². The lowest BCUT2D eigenvalue weighted by atomic mass is 9.96. The van der Waals surface area contributed by atoms with Crippen LogP contribution in [0, 0.1) is 5.92 Å². The second kappa shape index (κ2) is 5.13. The fraction of sp³-hybridized carbons (Fsp3) is 1.00. The second-order valence-corrected chi connectivity index (χ2v) is 5.10. The van der Waals surface area contributed by atoms with Crippen LogP contribution in [0.15, 0.2) is 0 Å². The minimum absolute atomic E-state index is 0.830. The maximum Gasteiger partial charge on any atom is 0.0223 e. The van der Waals surface area contributed by atoms with E-state index in [2.05, 4.69) is 17.1 Å². The molecule has 1 N–H and O–H groups in total. The van der Waals surface area contributed by atoms with E-state index in [-0.39, 0.29) is 0 Å². The van der Waals surface area contributed by atoms with Gasteiger partial charge in [-0.25, -0.2) is 0 Å². The molecule has 0 radical (unpaired) electrons. The summed E-state index contributed by atoms with van der Waals surface area (Å²) in [7, 11) is 0. The van der Waals surface area contributed by atoms with Crippen LogP contribution in [0.4, 0.5) is 0 Å². The summed E-state index contributed by atoms with van der Waals surface area (Å²) in [5, 5.41) is 3.56. The lowest BCUT2D eigenvalue weighted by Crippen LogP contribution is -2.48. The summed E-state index contributed by atoms with van der Waals surface area (Å²) >= 11 is 0. The molecule has 2 heteroatoms. The highest BCUT2D eigenvalue weighted by molar-refractivity contribution is 4.82. The molecule has 0 amide bonds. The van der Waals surface area contributed by atoms with Gasteiger partial charge in [0.05, 0.1) is 0 Å². The van der Waals surface area contributed by atoms with Crippen molar-refractivity contribution in [3.63, 3.8) is 0 Å². The minimum Gasteiger partial charge on any atom is -0.315 e. The van der Waals surface area contributed by atoms with Gasteiger partial charge in [-0.05, 0) is 44.8 Å². The smallest absolute Gasteiger partial charge is 0.0223 e. The Bertz CT molecular complexity index is 162. The predicted octanol–water partition coefficient (Wildman–Crippen LogP) is 1.86. The number of nitrogens with zero attached hydrogens (tertiary/aromatic N) is 1. The third kappa shape index (κ3) is 2.71. The molecule has 82 valence electrons. The van der Waals surface area contributed by atoms with Crippen LogP contribution >= 0.6 is 0 Å². The first-order chi connectivity index (χ1) is 6.86. The van der Waals surface area contributed by atoms with Crippen molar-refractivity contribution in [2.75, 3.05) is 26.2 Å². The van der Waals surface area contributed by atoms with Crippen LogP contribution in [0.5, 0.6) is 0 Å². The number of nitrogens with one attached hydrogen (secondary N) is 1. The Balaban J connectivity index is 1.85. The van der Waals surface area contributed by atoms with Crippen LogP contribution in [0.3, 0.4) is 0 Å². The maximum atomic E-state index is 3.56. The van der Waals surface area contributed by atoms with Crippen molar-refractivity contribution < 1.29 is 0 Å². The molecule has 0 bridgehead atoms. The fourth-order valence-electron chi connectivity index (χ4n) is 2.87. The summed E-state index contributed by atoms with van der Waals surface area (Å²) < 4.78 is 0. The quantitative estimate of drug-likeness (QED) is 0.688. The number of hydrogen-bond donors (Lipinski definition) is 1. The van der Waals surface area contributed by atoms with Crippen LogP contribution in [-0.2, 0) is 0 Å². The van der Waals surface area contributed by atoms with E-state index in [4.69, 9.17) is 0 Å². The van der Waals surface area contributed by atoms with E-state index in [0.29, 0.717) is 0 Å². The first-order valence-corrected chi connectivity index (χ1v) is 6.31. The van der Waals surface area contributed by atoms with E-state index >= 15 is 0 Å². The van der Waals surface area contributed by atoms with Gasteiger partial charge in [-0.15, -0.1) is 0 Å². The van der Waals surface area contributed by atoms with Gasteiger partial charge in [0.15, 0.2) is 0 Å². The second-order valence-electron chi connectivity index (χ2n) is 5.10. The van der Waals surface area contributed by atoms with Crippen molar-refractivity contribution in [2.45, 2.75) is 45.1 Å². The SMILES string of the molecule is CC1CNCC(N2CCCCCC2)C1. The van der Waals surface area contributed by atoms with Crippen LogP contribution in [0.25, 0.3) is 0 Å². The predicted molar refractivity (Wildman–Crippen MR) is 60.5 cm³/mol. The van der Waals surface area contributed by atoms with Gasteiger partial charge in [-0.1, -0.05) is 19.8 Å². The third-order valence-electron chi connectivity index (χ3n) is 3.70. The lowest BCUT2D eigenvalue weighted by Gasteiger charge is -2.36. The van der Waals surface area contributed by atoms with E-state index in [1.807, 2.05) is 0 Å². The number of likely N-dealkylation sites (tertiary alicyclic amines) is 1. The number of piperidine rings is 1. The fourth-order valence-corrected chi connectivity index (χ4v) is 2.87. The molecule has 0 aliphatic carbocycles. The molecular weight excluding hydrogens is 172 g/mol. The molecule has 2 heterocycles. The van der Waals surface area contributed by atoms with Crippen molar-refractivity contribution >= 4 is 0 Å². The molecule has 0 saturated carbocycles. The van der Waals surface area contributed by atoms with Gasteiger partial charge in [-0.2, -0.15) is 0 Å². The molecule has 2 rings (SSSR count). The van der Waals surface area contributed by atoms with Crippen molar-refractivity contribution in [1.29, 1.82) is 0 Å². The molecule has 2 nitrogen and oxygen atoms in total. The molecule has 2 fully saturated rings. The molecule has 2 atom stereocenters. The summed E-state index contributed by atoms with van der Waals surface area (Å²) in [5.41, 5.74) is 0. The molecule has 2 saturated heterocycles. The van der Waals surface area contributed by atoms with E-state index in [9.17, 15) is 0 Å². The molecule has 2 aliphatic rings. The van der Waals surface area contributed by atoms with Gasteiger partial charge in [0.2, 0.25) is 0 Å². The van der Waals surface area contributed by atoms with Crippen molar-refractivity contribution in [1.82, 2.24) is 10.2 Å². The Hall–Kier alpha value is -0.0800. The Kier molecular flexibility index (Phi) is 3.82. The molecule has 0 aromatic rings.